The molecule has 0 unspecified atom stereocenters. The minimum absolute atomic E-state index is 0.126. The number of fused-ring (bicyclic) bond motifs is 2. The van der Waals surface area contributed by atoms with Crippen molar-refractivity contribution in [3.05, 3.63) is 41.7 Å². The summed E-state index contributed by atoms with van der Waals surface area (Å²) in [6.07, 6.45) is 4.55. The predicted octanol–water partition coefficient (Wildman–Crippen LogP) is 2.00. The van der Waals surface area contributed by atoms with Gasteiger partial charge in [0.25, 0.3) is 0 Å². The van der Waals surface area contributed by atoms with E-state index in [1.54, 1.807) is 6.92 Å². The maximum atomic E-state index is 11.6. The van der Waals surface area contributed by atoms with Gasteiger partial charge in [0.05, 0.1) is 6.10 Å². The maximum absolute atomic E-state index is 11.6. The molecule has 0 aliphatic carbocycles. The lowest BCUT2D eigenvalue weighted by atomic mass is 10.00. The highest BCUT2D eigenvalue weighted by atomic mass is 16.3. The van der Waals surface area contributed by atoms with Crippen molar-refractivity contribution in [1.82, 2.24) is 30.0 Å². The fourth-order valence-corrected chi connectivity index (χ4v) is 4.99. The monoisotopic (exact) mass is 478 g/mol. The number of nitrogens with zero attached hydrogens (tertiary/aromatic N) is 5. The molecule has 1 atom stereocenters. The molecule has 2 aromatic heterocycles. The highest BCUT2D eigenvalue weighted by Crippen LogP contribution is 2.25. The number of carbonyl (C=O) groups excluding carboxylic acids is 1. The first-order chi connectivity index (χ1) is 17.1. The quantitative estimate of drug-likeness (QED) is 0.388. The first kappa shape index (κ1) is 23.5. The van der Waals surface area contributed by atoms with Gasteiger partial charge < -0.3 is 20.6 Å². The lowest BCUT2D eigenvalue weighted by Crippen LogP contribution is -2.41. The molecular weight excluding hydrogens is 444 g/mol. The lowest BCUT2D eigenvalue weighted by molar-refractivity contribution is -0.129. The second-order valence-corrected chi connectivity index (χ2v) is 9.56. The number of piperidine rings is 1. The summed E-state index contributed by atoms with van der Waals surface area (Å²) in [4.78, 5) is 24.6. The molecule has 0 spiro atoms. The number of anilines is 2. The molecule has 1 amide bonds. The standard InChI is InChI=1S/C25H34N8O2/c1-17(34)33-12-7-20(8-13-33)29-24-23-22(27-16-28-24)25(31-30-23)26-14-21(35)9-11-32-10-6-18-4-2-3-5-19(18)15-32/h2-5,16,20-21,35H,6-15H2,1H3,(H2,26,30,31)(H,27,28,29)/t21-/m1/s1. The van der Waals surface area contributed by atoms with Crippen molar-refractivity contribution < 1.29 is 9.90 Å². The van der Waals surface area contributed by atoms with Crippen LogP contribution in [0.15, 0.2) is 30.6 Å². The normalized spacial score (nSPS) is 17.8. The van der Waals surface area contributed by atoms with Crippen molar-refractivity contribution in [1.29, 1.82) is 0 Å². The molecule has 10 nitrogen and oxygen atoms in total. The highest BCUT2D eigenvalue weighted by Gasteiger charge is 2.22. The summed E-state index contributed by atoms with van der Waals surface area (Å²) in [7, 11) is 0. The molecule has 3 aromatic rings. The van der Waals surface area contributed by atoms with Crippen molar-refractivity contribution in [3.63, 3.8) is 0 Å². The van der Waals surface area contributed by atoms with Crippen molar-refractivity contribution in [3.8, 4) is 0 Å². The third-order valence-corrected chi connectivity index (χ3v) is 7.13. The van der Waals surface area contributed by atoms with Crippen LogP contribution in [0.3, 0.4) is 0 Å². The van der Waals surface area contributed by atoms with E-state index < -0.39 is 6.10 Å². The Bertz CT molecular complexity index is 1160. The van der Waals surface area contributed by atoms with E-state index in [0.29, 0.717) is 30.1 Å². The Balaban J connectivity index is 1.12. The van der Waals surface area contributed by atoms with Crippen LogP contribution < -0.4 is 10.6 Å². The maximum Gasteiger partial charge on any atom is 0.219 e. The molecule has 5 rings (SSSR count). The zero-order valence-electron chi connectivity index (χ0n) is 20.2. The number of hydrogen-bond donors (Lipinski definition) is 4. The van der Waals surface area contributed by atoms with E-state index in [1.165, 1.54) is 17.5 Å². The Morgan fingerprint density at radius 3 is 2.77 bits per heavy atom. The van der Waals surface area contributed by atoms with E-state index in [4.69, 9.17) is 0 Å². The summed E-state index contributed by atoms with van der Waals surface area (Å²) >= 11 is 0. The molecule has 35 heavy (non-hydrogen) atoms. The van der Waals surface area contributed by atoms with Gasteiger partial charge in [0.15, 0.2) is 11.6 Å². The summed E-state index contributed by atoms with van der Waals surface area (Å²) in [5, 5.41) is 24.7. The van der Waals surface area contributed by atoms with Crippen molar-refractivity contribution >= 4 is 28.6 Å². The number of H-pyrrole nitrogens is 1. The zero-order chi connectivity index (χ0) is 24.2. The zero-order valence-corrected chi connectivity index (χ0v) is 20.2. The number of likely N-dealkylation sites (tertiary alicyclic amines) is 1. The summed E-state index contributed by atoms with van der Waals surface area (Å²) in [6.45, 7) is 6.35. The molecule has 0 bridgehead atoms. The van der Waals surface area contributed by atoms with Crippen molar-refractivity contribution in [2.75, 3.05) is 43.4 Å². The number of nitrogens with one attached hydrogen (secondary N) is 3. The van der Waals surface area contributed by atoms with E-state index in [9.17, 15) is 9.90 Å². The number of amides is 1. The van der Waals surface area contributed by atoms with Crippen LogP contribution in [0.5, 0.6) is 0 Å². The van der Waals surface area contributed by atoms with Crippen LogP contribution in [-0.4, -0.2) is 85.8 Å². The third kappa shape index (κ3) is 5.54. The molecule has 1 aromatic carbocycles. The van der Waals surface area contributed by atoms with Gasteiger partial charge >= 0.3 is 0 Å². The van der Waals surface area contributed by atoms with Crippen LogP contribution in [-0.2, 0) is 17.8 Å². The molecule has 2 aliphatic heterocycles. The molecule has 0 radical (unpaired) electrons. The molecule has 2 aliphatic rings. The van der Waals surface area contributed by atoms with E-state index in [2.05, 4.69) is 60.0 Å². The Labute approximate surface area is 205 Å². The second-order valence-electron chi connectivity index (χ2n) is 9.56. The number of rotatable bonds is 8. The molecule has 4 N–H and O–H groups in total. The largest absolute Gasteiger partial charge is 0.391 e. The molecule has 0 saturated carbocycles. The first-order valence-corrected chi connectivity index (χ1v) is 12.5. The minimum atomic E-state index is -0.482. The van der Waals surface area contributed by atoms with Crippen LogP contribution in [0.25, 0.3) is 11.0 Å². The van der Waals surface area contributed by atoms with Gasteiger partial charge in [-0.2, -0.15) is 5.10 Å². The van der Waals surface area contributed by atoms with Gasteiger partial charge in [-0.15, -0.1) is 0 Å². The molecule has 4 heterocycles. The molecule has 1 fully saturated rings. The number of aromatic amines is 1. The summed E-state index contributed by atoms with van der Waals surface area (Å²) in [6, 6.07) is 8.85. The number of aliphatic hydroxyl groups excluding tert-OH is 1. The van der Waals surface area contributed by atoms with Gasteiger partial charge in [-0.3, -0.25) is 14.8 Å². The van der Waals surface area contributed by atoms with E-state index in [-0.39, 0.29) is 11.9 Å². The smallest absolute Gasteiger partial charge is 0.219 e. The number of hydrogen-bond acceptors (Lipinski definition) is 8. The Kier molecular flexibility index (Phi) is 7.10. The van der Waals surface area contributed by atoms with Gasteiger partial charge in [0, 0.05) is 52.2 Å². The van der Waals surface area contributed by atoms with Crippen molar-refractivity contribution in [2.45, 2.75) is 51.3 Å². The SMILES string of the molecule is CC(=O)N1CCC(Nc2ncnc3c(NC[C@H](O)CCN4CCc5ccccc5C4)n[nH]c23)CC1. The Hall–Kier alpha value is -3.24. The van der Waals surface area contributed by atoms with E-state index in [1.807, 2.05) is 4.90 Å². The Morgan fingerprint density at radius 2 is 1.97 bits per heavy atom. The van der Waals surface area contributed by atoms with Crippen LogP contribution in [0.1, 0.15) is 37.3 Å². The molecule has 1 saturated heterocycles. The second kappa shape index (κ2) is 10.6. The third-order valence-electron chi connectivity index (χ3n) is 7.13. The van der Waals surface area contributed by atoms with Crippen molar-refractivity contribution in [2.24, 2.45) is 0 Å². The lowest BCUT2D eigenvalue weighted by Gasteiger charge is -2.31. The molecule has 10 heteroatoms. The predicted molar refractivity (Wildman–Crippen MR) is 135 cm³/mol. The highest BCUT2D eigenvalue weighted by molar-refractivity contribution is 5.92. The van der Waals surface area contributed by atoms with E-state index in [0.717, 1.165) is 57.5 Å². The summed E-state index contributed by atoms with van der Waals surface area (Å²) in [5.74, 6) is 1.45. The average molecular weight is 479 g/mol. The van der Waals surface area contributed by atoms with Crippen LogP contribution in [0.4, 0.5) is 11.6 Å². The van der Waals surface area contributed by atoms with Gasteiger partial charge in [-0.05, 0) is 36.8 Å². The van der Waals surface area contributed by atoms with Gasteiger partial charge in [0.2, 0.25) is 5.91 Å². The number of aliphatic hydroxyl groups is 1. The molecular formula is C25H34N8O2. The number of carbonyl (C=O) groups is 1. The van der Waals surface area contributed by atoms with Gasteiger partial charge in [-0.25, -0.2) is 9.97 Å². The molecule has 186 valence electrons. The topological polar surface area (TPSA) is 122 Å². The average Bonchev–Trinajstić information content (AvgIpc) is 3.30. The van der Waals surface area contributed by atoms with Crippen LogP contribution >= 0.6 is 0 Å². The minimum Gasteiger partial charge on any atom is -0.391 e. The number of benzene rings is 1. The first-order valence-electron chi connectivity index (χ1n) is 12.5. The fraction of sp³-hybridized carbons (Fsp3) is 0.520. The van der Waals surface area contributed by atoms with Crippen LogP contribution in [0, 0.1) is 0 Å². The summed E-state index contributed by atoms with van der Waals surface area (Å²) < 4.78 is 0. The summed E-state index contributed by atoms with van der Waals surface area (Å²) in [5.41, 5.74) is 4.27. The Morgan fingerprint density at radius 1 is 1.17 bits per heavy atom. The van der Waals surface area contributed by atoms with Crippen LogP contribution in [0.2, 0.25) is 0 Å². The number of aromatic nitrogens is 4. The van der Waals surface area contributed by atoms with Gasteiger partial charge in [0.1, 0.15) is 17.4 Å². The fourth-order valence-electron chi connectivity index (χ4n) is 4.99. The van der Waals surface area contributed by atoms with E-state index >= 15 is 0 Å². The van der Waals surface area contributed by atoms with Gasteiger partial charge in [-0.1, -0.05) is 24.3 Å².